The van der Waals surface area contributed by atoms with Gasteiger partial charge in [0.05, 0.1) is 0 Å². The lowest BCUT2D eigenvalue weighted by Gasteiger charge is -2.10. The molecule has 0 aliphatic rings. The number of hydrogen-bond donors (Lipinski definition) is 3. The maximum Gasteiger partial charge on any atom is 0.248 e. The standard InChI is InChI=1S/C27H21N5O2.ClH/c28-26(33)20-6-3-7-22(16-20)31-27-29-15-14-25(32-27)30-21-9-12-23(13-10-21)34-24-11-8-18-4-1-2-5-19(18)17-24;/h1-17H,(H2,28,33)(H2,29,30,31,32);1H. The van der Waals surface area contributed by atoms with E-state index in [0.29, 0.717) is 23.0 Å². The Morgan fingerprint density at radius 3 is 2.31 bits per heavy atom. The van der Waals surface area contributed by atoms with E-state index in [0.717, 1.165) is 22.6 Å². The molecule has 1 heterocycles. The van der Waals surface area contributed by atoms with Crippen LogP contribution in [0.25, 0.3) is 10.8 Å². The van der Waals surface area contributed by atoms with E-state index in [1.54, 1.807) is 30.5 Å². The summed E-state index contributed by atoms with van der Waals surface area (Å²) in [6, 6.07) is 30.5. The summed E-state index contributed by atoms with van der Waals surface area (Å²) in [6.45, 7) is 0. The topological polar surface area (TPSA) is 102 Å². The van der Waals surface area contributed by atoms with E-state index in [-0.39, 0.29) is 12.4 Å². The molecule has 0 saturated carbocycles. The lowest BCUT2D eigenvalue weighted by atomic mass is 10.1. The van der Waals surface area contributed by atoms with Crippen molar-refractivity contribution < 1.29 is 9.53 Å². The fourth-order valence-corrected chi connectivity index (χ4v) is 3.49. The van der Waals surface area contributed by atoms with Crippen molar-refractivity contribution in [1.82, 2.24) is 9.97 Å². The Morgan fingerprint density at radius 1 is 0.743 bits per heavy atom. The van der Waals surface area contributed by atoms with E-state index >= 15 is 0 Å². The van der Waals surface area contributed by atoms with Crippen LogP contribution in [0.3, 0.4) is 0 Å². The van der Waals surface area contributed by atoms with E-state index in [1.165, 1.54) is 5.39 Å². The molecule has 4 aromatic carbocycles. The Bertz CT molecular complexity index is 1470. The number of carbonyl (C=O) groups excluding carboxylic acids is 1. The van der Waals surface area contributed by atoms with Crippen LogP contribution in [0, 0.1) is 0 Å². The number of rotatable bonds is 7. The van der Waals surface area contributed by atoms with Crippen molar-refractivity contribution in [3.8, 4) is 11.5 Å². The van der Waals surface area contributed by atoms with Gasteiger partial charge in [0.1, 0.15) is 17.3 Å². The van der Waals surface area contributed by atoms with Crippen molar-refractivity contribution in [2.45, 2.75) is 0 Å². The smallest absolute Gasteiger partial charge is 0.248 e. The highest BCUT2D eigenvalue weighted by molar-refractivity contribution is 5.93. The largest absolute Gasteiger partial charge is 0.457 e. The number of hydrogen-bond acceptors (Lipinski definition) is 6. The Kier molecular flexibility index (Phi) is 7.09. The number of carbonyl (C=O) groups is 1. The molecule has 0 bridgehead atoms. The molecule has 0 saturated heterocycles. The fraction of sp³-hybridized carbons (Fsp3) is 0. The first-order valence-electron chi connectivity index (χ1n) is 10.7. The minimum Gasteiger partial charge on any atom is -0.457 e. The van der Waals surface area contributed by atoms with Crippen LogP contribution in [-0.2, 0) is 0 Å². The van der Waals surface area contributed by atoms with Crippen molar-refractivity contribution in [3.05, 3.63) is 109 Å². The molecule has 0 fully saturated rings. The second-order valence-electron chi connectivity index (χ2n) is 7.60. The van der Waals surface area contributed by atoms with E-state index in [4.69, 9.17) is 10.5 Å². The highest BCUT2D eigenvalue weighted by Crippen LogP contribution is 2.27. The molecule has 8 heteroatoms. The number of aromatic nitrogens is 2. The predicted molar refractivity (Wildman–Crippen MR) is 141 cm³/mol. The monoisotopic (exact) mass is 483 g/mol. The average molecular weight is 484 g/mol. The first-order chi connectivity index (χ1) is 16.6. The molecule has 1 amide bonds. The van der Waals surface area contributed by atoms with Crippen LogP contribution in [0.5, 0.6) is 11.5 Å². The summed E-state index contributed by atoms with van der Waals surface area (Å²) in [4.78, 5) is 20.1. The van der Waals surface area contributed by atoms with Crippen molar-refractivity contribution in [2.24, 2.45) is 5.73 Å². The van der Waals surface area contributed by atoms with Crippen LogP contribution in [-0.4, -0.2) is 15.9 Å². The summed E-state index contributed by atoms with van der Waals surface area (Å²) < 4.78 is 6.01. The van der Waals surface area contributed by atoms with Gasteiger partial charge in [0, 0.05) is 23.1 Å². The third kappa shape index (κ3) is 5.85. The zero-order valence-corrected chi connectivity index (χ0v) is 19.3. The summed E-state index contributed by atoms with van der Waals surface area (Å²) in [5.74, 6) is 2.04. The van der Waals surface area contributed by atoms with Crippen molar-refractivity contribution in [1.29, 1.82) is 0 Å². The maximum atomic E-state index is 11.4. The molecule has 0 atom stereocenters. The first-order valence-corrected chi connectivity index (χ1v) is 10.7. The van der Waals surface area contributed by atoms with Crippen molar-refractivity contribution >= 4 is 52.2 Å². The normalized spacial score (nSPS) is 10.3. The van der Waals surface area contributed by atoms with Crippen LogP contribution in [0.4, 0.5) is 23.1 Å². The molecule has 7 nitrogen and oxygen atoms in total. The highest BCUT2D eigenvalue weighted by atomic mass is 35.5. The molecule has 174 valence electrons. The molecule has 1 aromatic heterocycles. The van der Waals surface area contributed by atoms with Crippen LogP contribution in [0.1, 0.15) is 10.4 Å². The van der Waals surface area contributed by atoms with Crippen molar-refractivity contribution in [3.63, 3.8) is 0 Å². The summed E-state index contributed by atoms with van der Waals surface area (Å²) >= 11 is 0. The zero-order valence-electron chi connectivity index (χ0n) is 18.5. The number of nitrogens with two attached hydrogens (primary N) is 1. The number of primary amides is 1. The number of nitrogens with one attached hydrogen (secondary N) is 2. The van der Waals surface area contributed by atoms with Gasteiger partial charge in [0.15, 0.2) is 0 Å². The van der Waals surface area contributed by atoms with Gasteiger partial charge in [0.25, 0.3) is 0 Å². The molecule has 0 unspecified atom stereocenters. The van der Waals surface area contributed by atoms with Gasteiger partial charge in [-0.05, 0) is 71.4 Å². The molecule has 0 aliphatic carbocycles. The average Bonchev–Trinajstić information content (AvgIpc) is 2.86. The van der Waals surface area contributed by atoms with Crippen LogP contribution in [0.15, 0.2) is 103 Å². The lowest BCUT2D eigenvalue weighted by molar-refractivity contribution is 0.100. The van der Waals surface area contributed by atoms with Gasteiger partial charge in [0.2, 0.25) is 11.9 Å². The zero-order chi connectivity index (χ0) is 23.3. The first kappa shape index (κ1) is 23.5. The number of amides is 1. The third-order valence-electron chi connectivity index (χ3n) is 5.14. The number of ether oxygens (including phenoxy) is 1. The highest BCUT2D eigenvalue weighted by Gasteiger charge is 2.05. The lowest BCUT2D eigenvalue weighted by Crippen LogP contribution is -2.11. The molecule has 35 heavy (non-hydrogen) atoms. The van der Waals surface area contributed by atoms with Gasteiger partial charge in [-0.3, -0.25) is 4.79 Å². The Morgan fingerprint density at radius 2 is 1.51 bits per heavy atom. The molecule has 0 aliphatic heterocycles. The van der Waals surface area contributed by atoms with Gasteiger partial charge < -0.3 is 21.1 Å². The third-order valence-corrected chi connectivity index (χ3v) is 5.14. The van der Waals surface area contributed by atoms with Crippen molar-refractivity contribution in [2.75, 3.05) is 10.6 Å². The molecule has 5 rings (SSSR count). The number of fused-ring (bicyclic) bond motifs is 1. The summed E-state index contributed by atoms with van der Waals surface area (Å²) in [6.07, 6.45) is 1.65. The number of halogens is 1. The van der Waals surface area contributed by atoms with E-state index < -0.39 is 5.91 Å². The number of anilines is 4. The van der Waals surface area contributed by atoms with Gasteiger partial charge >= 0.3 is 0 Å². The van der Waals surface area contributed by atoms with Gasteiger partial charge in [-0.2, -0.15) is 4.98 Å². The molecule has 0 radical (unpaired) electrons. The molecule has 0 spiro atoms. The Labute approximate surface area is 208 Å². The van der Waals surface area contributed by atoms with Gasteiger partial charge in [-0.15, -0.1) is 12.4 Å². The Balaban J connectivity index is 0.00000289. The van der Waals surface area contributed by atoms with Crippen LogP contribution in [0.2, 0.25) is 0 Å². The fourth-order valence-electron chi connectivity index (χ4n) is 3.49. The summed E-state index contributed by atoms with van der Waals surface area (Å²) in [5, 5.41) is 8.65. The number of nitrogens with zero attached hydrogens (tertiary/aromatic N) is 2. The van der Waals surface area contributed by atoms with E-state index in [9.17, 15) is 4.79 Å². The second-order valence-corrected chi connectivity index (χ2v) is 7.60. The van der Waals surface area contributed by atoms with Crippen LogP contribution < -0.4 is 21.1 Å². The predicted octanol–water partition coefficient (Wildman–Crippen LogP) is 6.43. The quantitative estimate of drug-likeness (QED) is 0.246. The maximum absolute atomic E-state index is 11.4. The Hall–Kier alpha value is -4.62. The van der Waals surface area contributed by atoms with E-state index in [2.05, 4.69) is 32.7 Å². The SMILES string of the molecule is Cl.NC(=O)c1cccc(Nc2nccc(Nc3ccc(Oc4ccc5ccccc5c4)cc3)n2)c1. The van der Waals surface area contributed by atoms with E-state index in [1.807, 2.05) is 60.7 Å². The molecular weight excluding hydrogens is 462 g/mol. The minimum absolute atomic E-state index is 0. The molecule has 5 aromatic rings. The minimum atomic E-state index is -0.493. The summed E-state index contributed by atoms with van der Waals surface area (Å²) in [7, 11) is 0. The van der Waals surface area contributed by atoms with Gasteiger partial charge in [-0.25, -0.2) is 4.98 Å². The molecular formula is C27H22ClN5O2. The number of benzene rings is 4. The second kappa shape index (κ2) is 10.5. The molecule has 4 N–H and O–H groups in total. The van der Waals surface area contributed by atoms with Gasteiger partial charge in [-0.1, -0.05) is 36.4 Å². The summed E-state index contributed by atoms with van der Waals surface area (Å²) in [5.41, 5.74) is 7.28. The van der Waals surface area contributed by atoms with Crippen LogP contribution >= 0.6 is 12.4 Å².